The standard InChI is InChI=1S/C13H10BFO/c14-11-6-7-13(12(15)8-11)16-9-10-4-2-1-3-5-10/h1-8H,9H2. The van der Waals surface area contributed by atoms with E-state index in [0.717, 1.165) is 5.56 Å². The van der Waals surface area contributed by atoms with Gasteiger partial charge < -0.3 is 4.74 Å². The van der Waals surface area contributed by atoms with Crippen LogP contribution in [0.1, 0.15) is 5.56 Å². The van der Waals surface area contributed by atoms with Crippen molar-refractivity contribution in [2.24, 2.45) is 0 Å². The Morgan fingerprint density at radius 3 is 2.50 bits per heavy atom. The van der Waals surface area contributed by atoms with Gasteiger partial charge in [-0.2, -0.15) is 0 Å². The predicted octanol–water partition coefficient (Wildman–Crippen LogP) is 2.20. The van der Waals surface area contributed by atoms with Crippen molar-refractivity contribution >= 4 is 13.3 Å². The highest BCUT2D eigenvalue weighted by Gasteiger charge is 2.02. The number of rotatable bonds is 3. The van der Waals surface area contributed by atoms with Gasteiger partial charge in [-0.15, -0.1) is 0 Å². The van der Waals surface area contributed by atoms with Crippen molar-refractivity contribution in [1.29, 1.82) is 0 Å². The first-order chi connectivity index (χ1) is 7.75. The van der Waals surface area contributed by atoms with Crippen molar-refractivity contribution in [1.82, 2.24) is 0 Å². The summed E-state index contributed by atoms with van der Waals surface area (Å²) in [5.41, 5.74) is 1.39. The Kier molecular flexibility index (Phi) is 3.25. The van der Waals surface area contributed by atoms with Gasteiger partial charge in [0.15, 0.2) is 11.6 Å². The van der Waals surface area contributed by atoms with Gasteiger partial charge in [-0.1, -0.05) is 41.9 Å². The zero-order valence-electron chi connectivity index (χ0n) is 8.69. The van der Waals surface area contributed by atoms with Gasteiger partial charge in [0.25, 0.3) is 0 Å². The Labute approximate surface area is 95.3 Å². The van der Waals surface area contributed by atoms with Gasteiger partial charge in [0.2, 0.25) is 0 Å². The Bertz CT molecular complexity index is 471. The van der Waals surface area contributed by atoms with E-state index in [0.29, 0.717) is 12.1 Å². The van der Waals surface area contributed by atoms with E-state index in [1.54, 1.807) is 6.07 Å². The summed E-state index contributed by atoms with van der Waals surface area (Å²) >= 11 is 0. The highest BCUT2D eigenvalue weighted by Crippen LogP contribution is 2.16. The maximum absolute atomic E-state index is 13.3. The van der Waals surface area contributed by atoms with E-state index in [9.17, 15) is 4.39 Å². The van der Waals surface area contributed by atoms with Crippen LogP contribution < -0.4 is 10.2 Å². The minimum atomic E-state index is -0.434. The quantitative estimate of drug-likeness (QED) is 0.708. The summed E-state index contributed by atoms with van der Waals surface area (Å²) in [7, 11) is 5.44. The second-order valence-electron chi connectivity index (χ2n) is 3.46. The summed E-state index contributed by atoms with van der Waals surface area (Å²) in [6.07, 6.45) is 0. The molecular weight excluding hydrogens is 202 g/mol. The van der Waals surface area contributed by atoms with Crippen LogP contribution in [0.25, 0.3) is 0 Å². The van der Waals surface area contributed by atoms with Crippen LogP contribution in [0.3, 0.4) is 0 Å². The lowest BCUT2D eigenvalue weighted by Gasteiger charge is -2.07. The smallest absolute Gasteiger partial charge is 0.164 e. The van der Waals surface area contributed by atoms with E-state index in [1.807, 2.05) is 30.3 Å². The zero-order valence-corrected chi connectivity index (χ0v) is 8.69. The third kappa shape index (κ3) is 2.63. The molecule has 2 aromatic carbocycles. The number of halogens is 1. The van der Waals surface area contributed by atoms with E-state index < -0.39 is 5.82 Å². The van der Waals surface area contributed by atoms with Crippen molar-refractivity contribution in [2.45, 2.75) is 6.61 Å². The fourth-order valence-electron chi connectivity index (χ4n) is 1.37. The first kappa shape index (κ1) is 10.7. The Balaban J connectivity index is 2.05. The minimum absolute atomic E-state index is 0.220. The average Bonchev–Trinajstić information content (AvgIpc) is 2.29. The minimum Gasteiger partial charge on any atom is -0.486 e. The SMILES string of the molecule is [B]c1ccc(OCc2ccccc2)c(F)c1. The van der Waals surface area contributed by atoms with Crippen LogP contribution in [-0.2, 0) is 6.61 Å². The van der Waals surface area contributed by atoms with E-state index in [2.05, 4.69) is 0 Å². The third-order valence-electron chi connectivity index (χ3n) is 2.19. The summed E-state index contributed by atoms with van der Waals surface area (Å²) in [6, 6.07) is 14.0. The second kappa shape index (κ2) is 4.84. The summed E-state index contributed by atoms with van der Waals surface area (Å²) in [5.74, 6) is -0.214. The zero-order chi connectivity index (χ0) is 11.4. The lowest BCUT2D eigenvalue weighted by Crippen LogP contribution is -2.04. The molecule has 0 bridgehead atoms. The molecule has 2 rings (SSSR count). The lowest BCUT2D eigenvalue weighted by molar-refractivity contribution is 0.290. The van der Waals surface area contributed by atoms with Gasteiger partial charge in [-0.05, 0) is 17.7 Å². The maximum Gasteiger partial charge on any atom is 0.164 e. The van der Waals surface area contributed by atoms with Crippen LogP contribution in [0.15, 0.2) is 48.5 Å². The monoisotopic (exact) mass is 212 g/mol. The lowest BCUT2D eigenvalue weighted by atomic mass is 9.96. The van der Waals surface area contributed by atoms with Crippen LogP contribution in [0.4, 0.5) is 4.39 Å². The molecule has 0 atom stereocenters. The molecule has 1 nitrogen and oxygen atoms in total. The second-order valence-corrected chi connectivity index (χ2v) is 3.46. The van der Waals surface area contributed by atoms with Crippen molar-refractivity contribution in [3.05, 3.63) is 59.9 Å². The summed E-state index contributed by atoms with van der Waals surface area (Å²) in [5, 5.41) is 0. The molecule has 0 spiro atoms. The molecule has 0 fully saturated rings. The first-order valence-electron chi connectivity index (χ1n) is 4.97. The molecule has 3 heteroatoms. The largest absolute Gasteiger partial charge is 0.486 e. The Hall–Kier alpha value is -1.77. The van der Waals surface area contributed by atoms with Gasteiger partial charge in [0.1, 0.15) is 14.5 Å². The molecule has 0 saturated carbocycles. The van der Waals surface area contributed by atoms with E-state index in [4.69, 9.17) is 12.6 Å². The molecule has 0 unspecified atom stereocenters. The predicted molar refractivity (Wildman–Crippen MR) is 62.6 cm³/mol. The number of benzene rings is 2. The summed E-state index contributed by atoms with van der Waals surface area (Å²) in [4.78, 5) is 0. The highest BCUT2D eigenvalue weighted by atomic mass is 19.1. The molecule has 0 amide bonds. The normalized spacial score (nSPS) is 10.1. The topological polar surface area (TPSA) is 9.23 Å². The molecule has 16 heavy (non-hydrogen) atoms. The van der Waals surface area contributed by atoms with Gasteiger partial charge >= 0.3 is 0 Å². The molecule has 0 aliphatic carbocycles. The Morgan fingerprint density at radius 2 is 1.81 bits per heavy atom. The maximum atomic E-state index is 13.3. The van der Waals surface area contributed by atoms with Crippen molar-refractivity contribution in [3.63, 3.8) is 0 Å². The third-order valence-corrected chi connectivity index (χ3v) is 2.19. The first-order valence-corrected chi connectivity index (χ1v) is 4.97. The van der Waals surface area contributed by atoms with Gasteiger partial charge in [0.05, 0.1) is 0 Å². The number of hydrogen-bond donors (Lipinski definition) is 0. The molecule has 0 saturated heterocycles. The molecule has 0 heterocycles. The highest BCUT2D eigenvalue weighted by molar-refractivity contribution is 6.32. The fraction of sp³-hybridized carbons (Fsp3) is 0.0769. The fourth-order valence-corrected chi connectivity index (χ4v) is 1.37. The number of ether oxygens (including phenoxy) is 1. The van der Waals surface area contributed by atoms with Crippen molar-refractivity contribution < 1.29 is 9.13 Å². The van der Waals surface area contributed by atoms with E-state index in [1.165, 1.54) is 12.1 Å². The van der Waals surface area contributed by atoms with Crippen LogP contribution in [-0.4, -0.2) is 7.85 Å². The van der Waals surface area contributed by atoms with Crippen molar-refractivity contribution in [2.75, 3.05) is 0 Å². The molecule has 2 radical (unpaired) electrons. The van der Waals surface area contributed by atoms with Crippen LogP contribution >= 0.6 is 0 Å². The molecule has 0 aliphatic rings. The van der Waals surface area contributed by atoms with Gasteiger partial charge in [0, 0.05) is 0 Å². The number of hydrogen-bond acceptors (Lipinski definition) is 1. The molecular formula is C13H10BFO. The molecule has 2 aromatic rings. The molecule has 78 valence electrons. The van der Waals surface area contributed by atoms with Crippen LogP contribution in [0.2, 0.25) is 0 Å². The molecule has 0 aliphatic heterocycles. The Morgan fingerprint density at radius 1 is 1.06 bits per heavy atom. The van der Waals surface area contributed by atoms with Gasteiger partial charge in [-0.3, -0.25) is 0 Å². The van der Waals surface area contributed by atoms with Gasteiger partial charge in [-0.25, -0.2) is 4.39 Å². The van der Waals surface area contributed by atoms with Crippen LogP contribution in [0, 0.1) is 5.82 Å². The van der Waals surface area contributed by atoms with Crippen LogP contribution in [0.5, 0.6) is 5.75 Å². The average molecular weight is 212 g/mol. The molecule has 0 N–H and O–H groups in total. The van der Waals surface area contributed by atoms with E-state index in [-0.39, 0.29) is 5.75 Å². The van der Waals surface area contributed by atoms with E-state index >= 15 is 0 Å². The summed E-state index contributed by atoms with van der Waals surface area (Å²) < 4.78 is 18.7. The molecule has 0 aromatic heterocycles. The van der Waals surface area contributed by atoms with Crippen molar-refractivity contribution in [3.8, 4) is 5.75 Å². The summed E-state index contributed by atoms with van der Waals surface area (Å²) in [6.45, 7) is 0.349.